The topological polar surface area (TPSA) is 50.4 Å². The Morgan fingerprint density at radius 1 is 1.33 bits per heavy atom. The minimum atomic E-state index is -4.49. The lowest BCUT2D eigenvalue weighted by Crippen LogP contribution is -2.33. The molecule has 1 rings (SSSR count). The SMILES string of the molecule is COCCNC(C)CC(=O)Nc1ccccc1C(F)(F)F. The van der Waals surface area contributed by atoms with E-state index in [-0.39, 0.29) is 18.2 Å². The predicted molar refractivity (Wildman–Crippen MR) is 74.0 cm³/mol. The van der Waals surface area contributed by atoms with Crippen molar-refractivity contribution in [3.05, 3.63) is 29.8 Å². The standard InChI is InChI=1S/C14H19F3N2O2/c1-10(18-7-8-21-2)9-13(20)19-12-6-4-3-5-11(12)14(15,16)17/h3-6,10,18H,7-9H2,1-2H3,(H,19,20). The maximum Gasteiger partial charge on any atom is 0.418 e. The molecule has 0 fully saturated rings. The molecule has 0 saturated heterocycles. The van der Waals surface area contributed by atoms with Gasteiger partial charge >= 0.3 is 6.18 Å². The quantitative estimate of drug-likeness (QED) is 0.762. The van der Waals surface area contributed by atoms with Gasteiger partial charge in [-0.25, -0.2) is 0 Å². The first-order valence-corrected chi connectivity index (χ1v) is 6.53. The number of amides is 1. The number of nitrogens with one attached hydrogen (secondary N) is 2. The number of halogens is 3. The second kappa shape index (κ2) is 7.99. The zero-order chi connectivity index (χ0) is 15.9. The second-order valence-electron chi connectivity index (χ2n) is 4.64. The second-order valence-corrected chi connectivity index (χ2v) is 4.64. The molecule has 1 atom stereocenters. The number of anilines is 1. The molecule has 0 radical (unpaired) electrons. The largest absolute Gasteiger partial charge is 0.418 e. The summed E-state index contributed by atoms with van der Waals surface area (Å²) in [5.74, 6) is -0.468. The van der Waals surface area contributed by atoms with Crippen molar-refractivity contribution >= 4 is 11.6 Å². The highest BCUT2D eigenvalue weighted by Crippen LogP contribution is 2.34. The molecule has 7 heteroatoms. The first-order chi connectivity index (χ1) is 9.84. The van der Waals surface area contributed by atoms with Crippen LogP contribution in [-0.4, -0.2) is 32.2 Å². The summed E-state index contributed by atoms with van der Waals surface area (Å²) in [4.78, 5) is 11.8. The van der Waals surface area contributed by atoms with Gasteiger partial charge in [-0.2, -0.15) is 13.2 Å². The fourth-order valence-corrected chi connectivity index (χ4v) is 1.80. The number of alkyl halides is 3. The Bertz CT molecular complexity index is 464. The van der Waals surface area contributed by atoms with Crippen LogP contribution in [0.4, 0.5) is 18.9 Å². The van der Waals surface area contributed by atoms with Crippen LogP contribution in [0, 0.1) is 0 Å². The highest BCUT2D eigenvalue weighted by atomic mass is 19.4. The molecule has 1 amide bonds. The van der Waals surface area contributed by atoms with Gasteiger partial charge < -0.3 is 15.4 Å². The van der Waals surface area contributed by atoms with Crippen molar-refractivity contribution in [2.24, 2.45) is 0 Å². The Labute approximate surface area is 121 Å². The van der Waals surface area contributed by atoms with Gasteiger partial charge in [0, 0.05) is 26.1 Å². The third-order valence-corrected chi connectivity index (χ3v) is 2.80. The Morgan fingerprint density at radius 2 is 2.00 bits per heavy atom. The summed E-state index contributed by atoms with van der Waals surface area (Å²) in [7, 11) is 1.56. The smallest absolute Gasteiger partial charge is 0.383 e. The van der Waals surface area contributed by atoms with Crippen LogP contribution in [0.5, 0.6) is 0 Å². The summed E-state index contributed by atoms with van der Waals surface area (Å²) >= 11 is 0. The van der Waals surface area contributed by atoms with Gasteiger partial charge in [0.25, 0.3) is 0 Å². The van der Waals surface area contributed by atoms with Gasteiger partial charge in [0.1, 0.15) is 0 Å². The minimum absolute atomic E-state index is 0.0793. The number of methoxy groups -OCH3 is 1. The summed E-state index contributed by atoms with van der Waals surface area (Å²) < 4.78 is 43.2. The molecule has 0 heterocycles. The molecular weight excluding hydrogens is 285 g/mol. The van der Waals surface area contributed by atoms with E-state index in [0.717, 1.165) is 6.07 Å². The monoisotopic (exact) mass is 304 g/mol. The van der Waals surface area contributed by atoms with E-state index >= 15 is 0 Å². The zero-order valence-electron chi connectivity index (χ0n) is 12.0. The van der Waals surface area contributed by atoms with Crippen LogP contribution < -0.4 is 10.6 Å². The normalized spacial score (nSPS) is 13.0. The number of hydrogen-bond acceptors (Lipinski definition) is 3. The van der Waals surface area contributed by atoms with Crippen LogP contribution in [0.15, 0.2) is 24.3 Å². The van der Waals surface area contributed by atoms with E-state index in [4.69, 9.17) is 4.74 Å². The number of hydrogen-bond donors (Lipinski definition) is 2. The first kappa shape index (κ1) is 17.5. The average molecular weight is 304 g/mol. The fourth-order valence-electron chi connectivity index (χ4n) is 1.80. The van der Waals surface area contributed by atoms with E-state index in [9.17, 15) is 18.0 Å². The Morgan fingerprint density at radius 3 is 2.62 bits per heavy atom. The third-order valence-electron chi connectivity index (χ3n) is 2.80. The van der Waals surface area contributed by atoms with E-state index in [1.54, 1.807) is 14.0 Å². The molecule has 4 nitrogen and oxygen atoms in total. The van der Waals surface area contributed by atoms with Crippen LogP contribution >= 0.6 is 0 Å². The Hall–Kier alpha value is -1.60. The summed E-state index contributed by atoms with van der Waals surface area (Å²) in [6, 6.07) is 4.76. The van der Waals surface area contributed by atoms with E-state index < -0.39 is 17.6 Å². The van der Waals surface area contributed by atoms with E-state index in [0.29, 0.717) is 13.2 Å². The van der Waals surface area contributed by atoms with E-state index in [1.807, 2.05) is 0 Å². The van der Waals surface area contributed by atoms with Crippen LogP contribution in [0.1, 0.15) is 18.9 Å². The molecule has 2 N–H and O–H groups in total. The number of ether oxygens (including phenoxy) is 1. The number of benzene rings is 1. The highest BCUT2D eigenvalue weighted by Gasteiger charge is 2.33. The molecule has 1 aromatic rings. The number of rotatable bonds is 7. The molecule has 0 aromatic heterocycles. The van der Waals surface area contributed by atoms with Crippen LogP contribution in [-0.2, 0) is 15.7 Å². The first-order valence-electron chi connectivity index (χ1n) is 6.53. The van der Waals surface area contributed by atoms with Crippen molar-refractivity contribution in [3.8, 4) is 0 Å². The van der Waals surface area contributed by atoms with Crippen molar-refractivity contribution in [1.82, 2.24) is 5.32 Å². The van der Waals surface area contributed by atoms with Crippen molar-refractivity contribution in [2.75, 3.05) is 25.6 Å². The lowest BCUT2D eigenvalue weighted by atomic mass is 10.1. The molecule has 118 valence electrons. The maximum absolute atomic E-state index is 12.8. The van der Waals surface area contributed by atoms with Gasteiger partial charge in [0.15, 0.2) is 0 Å². The van der Waals surface area contributed by atoms with Crippen LogP contribution in [0.2, 0.25) is 0 Å². The minimum Gasteiger partial charge on any atom is -0.383 e. The molecule has 0 bridgehead atoms. The van der Waals surface area contributed by atoms with Gasteiger partial charge in [0.05, 0.1) is 17.9 Å². The molecule has 1 unspecified atom stereocenters. The van der Waals surface area contributed by atoms with Gasteiger partial charge in [-0.3, -0.25) is 4.79 Å². The summed E-state index contributed by atoms with van der Waals surface area (Å²) in [6.07, 6.45) is -4.41. The van der Waals surface area contributed by atoms with Crippen molar-refractivity contribution in [1.29, 1.82) is 0 Å². The van der Waals surface area contributed by atoms with Gasteiger partial charge in [-0.1, -0.05) is 12.1 Å². The Balaban J connectivity index is 2.59. The molecule has 0 spiro atoms. The lowest BCUT2D eigenvalue weighted by molar-refractivity contribution is -0.137. The zero-order valence-corrected chi connectivity index (χ0v) is 12.0. The molecule has 1 aromatic carbocycles. The lowest BCUT2D eigenvalue weighted by Gasteiger charge is -2.16. The molecular formula is C14H19F3N2O2. The van der Waals surface area contributed by atoms with Gasteiger partial charge in [-0.05, 0) is 19.1 Å². The van der Waals surface area contributed by atoms with Crippen LogP contribution in [0.25, 0.3) is 0 Å². The molecule has 0 aliphatic carbocycles. The van der Waals surface area contributed by atoms with Crippen molar-refractivity contribution in [3.63, 3.8) is 0 Å². The van der Waals surface area contributed by atoms with E-state index in [1.165, 1.54) is 18.2 Å². The molecule has 0 aliphatic rings. The Kier molecular flexibility index (Phi) is 6.64. The van der Waals surface area contributed by atoms with Gasteiger partial charge in [-0.15, -0.1) is 0 Å². The summed E-state index contributed by atoms with van der Waals surface area (Å²) in [5.41, 5.74) is -1.07. The van der Waals surface area contributed by atoms with Crippen LogP contribution in [0.3, 0.4) is 0 Å². The van der Waals surface area contributed by atoms with E-state index in [2.05, 4.69) is 10.6 Å². The molecule has 21 heavy (non-hydrogen) atoms. The predicted octanol–water partition coefficient (Wildman–Crippen LogP) is 2.66. The van der Waals surface area contributed by atoms with Crippen molar-refractivity contribution in [2.45, 2.75) is 25.6 Å². The third kappa shape index (κ3) is 6.14. The average Bonchev–Trinajstić information content (AvgIpc) is 2.38. The van der Waals surface area contributed by atoms with Gasteiger partial charge in [0.2, 0.25) is 5.91 Å². The summed E-state index contributed by atoms with van der Waals surface area (Å²) in [6.45, 7) is 2.86. The number of carbonyl (C=O) groups is 1. The molecule has 0 saturated carbocycles. The number of carbonyl (C=O) groups excluding carboxylic acids is 1. The highest BCUT2D eigenvalue weighted by molar-refractivity contribution is 5.92. The molecule has 0 aliphatic heterocycles. The summed E-state index contributed by atoms with van der Waals surface area (Å²) in [5, 5.41) is 5.35. The fraction of sp³-hybridized carbons (Fsp3) is 0.500. The number of para-hydroxylation sites is 1. The maximum atomic E-state index is 12.8. The van der Waals surface area contributed by atoms with Crippen molar-refractivity contribution < 1.29 is 22.7 Å².